The molecule has 1 aromatic rings. The summed E-state index contributed by atoms with van der Waals surface area (Å²) in [6.45, 7) is 3.96. The summed E-state index contributed by atoms with van der Waals surface area (Å²) < 4.78 is 26.7. The summed E-state index contributed by atoms with van der Waals surface area (Å²) in [6.07, 6.45) is 0.567. The Bertz CT molecular complexity index is 502. The molecule has 6 heteroatoms. The summed E-state index contributed by atoms with van der Waals surface area (Å²) >= 11 is 5.81. The molecule has 0 saturated carbocycles. The van der Waals surface area contributed by atoms with Crippen LogP contribution in [-0.2, 0) is 10.0 Å². The van der Waals surface area contributed by atoms with Gasteiger partial charge < -0.3 is 5.11 Å². The summed E-state index contributed by atoms with van der Waals surface area (Å²) in [5.41, 5.74) is 0.654. The fourth-order valence-corrected chi connectivity index (χ4v) is 3.19. The van der Waals surface area contributed by atoms with Crippen molar-refractivity contribution < 1.29 is 13.5 Å². The molecule has 0 amide bonds. The molecule has 0 aromatic heterocycles. The van der Waals surface area contributed by atoms with Gasteiger partial charge in [-0.3, -0.25) is 0 Å². The van der Waals surface area contributed by atoms with Gasteiger partial charge >= 0.3 is 0 Å². The first-order chi connectivity index (χ1) is 8.36. The van der Waals surface area contributed by atoms with E-state index in [0.717, 1.165) is 0 Å². The lowest BCUT2D eigenvalue weighted by Crippen LogP contribution is -2.29. The van der Waals surface area contributed by atoms with Gasteiger partial charge in [0.2, 0.25) is 10.0 Å². The second kappa shape index (κ2) is 6.52. The molecule has 0 bridgehead atoms. The van der Waals surface area contributed by atoms with E-state index < -0.39 is 10.0 Å². The molecule has 0 aliphatic rings. The Kier molecular flexibility index (Phi) is 5.59. The molecule has 0 aliphatic carbocycles. The number of rotatable bonds is 6. The second-order valence-corrected chi connectivity index (χ2v) is 6.55. The molecule has 0 radical (unpaired) electrons. The predicted molar refractivity (Wildman–Crippen MR) is 72.2 cm³/mol. The molecule has 1 atom stereocenters. The molecule has 0 saturated heterocycles. The zero-order valence-electron chi connectivity index (χ0n) is 10.5. The van der Waals surface area contributed by atoms with Crippen LogP contribution in [0.15, 0.2) is 23.1 Å². The van der Waals surface area contributed by atoms with Crippen LogP contribution in [0.4, 0.5) is 0 Å². The number of halogens is 1. The van der Waals surface area contributed by atoms with Gasteiger partial charge in [-0.1, -0.05) is 24.6 Å². The lowest BCUT2D eigenvalue weighted by atomic mass is 10.1. The summed E-state index contributed by atoms with van der Waals surface area (Å²) in [6, 6.07) is 4.77. The zero-order valence-corrected chi connectivity index (χ0v) is 12.1. The average Bonchev–Trinajstić information content (AvgIpc) is 2.30. The molecule has 1 aromatic carbocycles. The average molecular weight is 292 g/mol. The third-order valence-corrected chi connectivity index (χ3v) is 4.48. The molecule has 1 rings (SSSR count). The largest absolute Gasteiger partial charge is 0.396 e. The zero-order chi connectivity index (χ0) is 13.8. The highest BCUT2D eigenvalue weighted by Crippen LogP contribution is 2.20. The number of aliphatic hydroxyl groups excluding tert-OH is 1. The lowest BCUT2D eigenvalue weighted by Gasteiger charge is -2.13. The lowest BCUT2D eigenvalue weighted by molar-refractivity contribution is 0.263. The number of nitrogens with one attached hydrogen (secondary N) is 1. The standard InChI is InChI=1S/C12H18ClNO3S/c1-9(5-6-15)8-14-18(16,17)12-7-11(13)4-3-10(12)2/h3-4,7,9,14-15H,5-6,8H2,1-2H3. The normalized spacial score (nSPS) is 13.6. The van der Waals surface area contributed by atoms with Gasteiger partial charge in [0.05, 0.1) is 4.90 Å². The molecule has 4 nitrogen and oxygen atoms in total. The van der Waals surface area contributed by atoms with Crippen LogP contribution < -0.4 is 4.72 Å². The third kappa shape index (κ3) is 4.24. The van der Waals surface area contributed by atoms with Crippen molar-refractivity contribution in [3.05, 3.63) is 28.8 Å². The van der Waals surface area contributed by atoms with E-state index in [1.54, 1.807) is 19.1 Å². The maximum atomic E-state index is 12.1. The van der Waals surface area contributed by atoms with Gasteiger partial charge in [0, 0.05) is 18.2 Å². The van der Waals surface area contributed by atoms with E-state index in [0.29, 0.717) is 23.6 Å². The van der Waals surface area contributed by atoms with Crippen molar-refractivity contribution in [2.24, 2.45) is 5.92 Å². The van der Waals surface area contributed by atoms with Crippen LogP contribution in [0.2, 0.25) is 5.02 Å². The maximum absolute atomic E-state index is 12.1. The highest BCUT2D eigenvalue weighted by atomic mass is 35.5. The number of sulfonamides is 1. The van der Waals surface area contributed by atoms with Gasteiger partial charge in [-0.2, -0.15) is 0 Å². The van der Waals surface area contributed by atoms with Crippen molar-refractivity contribution in [2.45, 2.75) is 25.2 Å². The maximum Gasteiger partial charge on any atom is 0.240 e. The number of benzene rings is 1. The Morgan fingerprint density at radius 2 is 2.11 bits per heavy atom. The van der Waals surface area contributed by atoms with Gasteiger partial charge in [-0.25, -0.2) is 13.1 Å². The van der Waals surface area contributed by atoms with Gasteiger partial charge in [-0.15, -0.1) is 0 Å². The van der Waals surface area contributed by atoms with Crippen molar-refractivity contribution >= 4 is 21.6 Å². The van der Waals surface area contributed by atoms with Crippen LogP contribution in [0.1, 0.15) is 18.9 Å². The van der Waals surface area contributed by atoms with Gasteiger partial charge in [0.25, 0.3) is 0 Å². The van der Waals surface area contributed by atoms with Crippen LogP contribution in [0, 0.1) is 12.8 Å². The SMILES string of the molecule is Cc1ccc(Cl)cc1S(=O)(=O)NCC(C)CCO. The molecule has 0 fully saturated rings. The molecule has 0 spiro atoms. The summed E-state index contributed by atoms with van der Waals surface area (Å²) in [5.74, 6) is 0.0873. The summed E-state index contributed by atoms with van der Waals surface area (Å²) in [7, 11) is -3.54. The third-order valence-electron chi connectivity index (χ3n) is 2.68. The second-order valence-electron chi connectivity index (χ2n) is 4.38. The Balaban J connectivity index is 2.83. The fourth-order valence-electron chi connectivity index (χ4n) is 1.52. The molecule has 2 N–H and O–H groups in total. The molecular formula is C12H18ClNO3S. The van der Waals surface area contributed by atoms with Crippen LogP contribution in [0.5, 0.6) is 0 Å². The molecule has 102 valence electrons. The summed E-state index contributed by atoms with van der Waals surface area (Å²) in [5, 5.41) is 9.16. The van der Waals surface area contributed by atoms with E-state index in [1.165, 1.54) is 6.07 Å². The van der Waals surface area contributed by atoms with Gasteiger partial charge in [-0.05, 0) is 37.0 Å². The Hall–Kier alpha value is -0.620. The van der Waals surface area contributed by atoms with Crippen LogP contribution in [-0.4, -0.2) is 26.7 Å². The molecule has 1 unspecified atom stereocenters. The molecular weight excluding hydrogens is 274 g/mol. The van der Waals surface area contributed by atoms with Crippen molar-refractivity contribution in [3.8, 4) is 0 Å². The van der Waals surface area contributed by atoms with Crippen LogP contribution in [0.3, 0.4) is 0 Å². The van der Waals surface area contributed by atoms with Crippen LogP contribution in [0.25, 0.3) is 0 Å². The monoisotopic (exact) mass is 291 g/mol. The van der Waals surface area contributed by atoms with Crippen molar-refractivity contribution in [1.82, 2.24) is 4.72 Å². The predicted octanol–water partition coefficient (Wildman–Crippen LogP) is 1.95. The van der Waals surface area contributed by atoms with Gasteiger partial charge in [0.1, 0.15) is 0 Å². The van der Waals surface area contributed by atoms with E-state index in [1.807, 2.05) is 6.92 Å². The molecule has 0 aliphatic heterocycles. The van der Waals surface area contributed by atoms with E-state index in [4.69, 9.17) is 16.7 Å². The Labute approximate surface area is 113 Å². The van der Waals surface area contributed by atoms with Crippen molar-refractivity contribution in [2.75, 3.05) is 13.2 Å². The van der Waals surface area contributed by atoms with Crippen LogP contribution >= 0.6 is 11.6 Å². The van der Waals surface area contributed by atoms with E-state index in [2.05, 4.69) is 4.72 Å². The first kappa shape index (κ1) is 15.4. The number of hydrogen-bond acceptors (Lipinski definition) is 3. The number of aryl methyl sites for hydroxylation is 1. The molecule has 18 heavy (non-hydrogen) atoms. The minimum atomic E-state index is -3.54. The number of aliphatic hydroxyl groups is 1. The first-order valence-electron chi connectivity index (χ1n) is 5.73. The smallest absolute Gasteiger partial charge is 0.240 e. The highest BCUT2D eigenvalue weighted by Gasteiger charge is 2.17. The topological polar surface area (TPSA) is 66.4 Å². The Morgan fingerprint density at radius 3 is 2.72 bits per heavy atom. The van der Waals surface area contributed by atoms with E-state index in [9.17, 15) is 8.42 Å². The minimum absolute atomic E-state index is 0.0546. The highest BCUT2D eigenvalue weighted by molar-refractivity contribution is 7.89. The van der Waals surface area contributed by atoms with Crippen molar-refractivity contribution in [3.63, 3.8) is 0 Å². The van der Waals surface area contributed by atoms with Gasteiger partial charge in [0.15, 0.2) is 0 Å². The first-order valence-corrected chi connectivity index (χ1v) is 7.59. The Morgan fingerprint density at radius 1 is 1.44 bits per heavy atom. The van der Waals surface area contributed by atoms with E-state index in [-0.39, 0.29) is 17.4 Å². The van der Waals surface area contributed by atoms with E-state index >= 15 is 0 Å². The fraction of sp³-hybridized carbons (Fsp3) is 0.500. The minimum Gasteiger partial charge on any atom is -0.396 e. The summed E-state index contributed by atoms with van der Waals surface area (Å²) in [4.78, 5) is 0.200. The number of hydrogen-bond donors (Lipinski definition) is 2. The van der Waals surface area contributed by atoms with Crippen molar-refractivity contribution in [1.29, 1.82) is 0 Å². The quantitative estimate of drug-likeness (QED) is 0.842. The molecule has 0 heterocycles.